The number of nitrogens with one attached hydrogen (secondary N) is 1. The van der Waals surface area contributed by atoms with E-state index in [0.717, 1.165) is 28.9 Å². The quantitative estimate of drug-likeness (QED) is 0.357. The molecule has 0 spiro atoms. The molecule has 0 bridgehead atoms. The van der Waals surface area contributed by atoms with Crippen molar-refractivity contribution in [3.63, 3.8) is 0 Å². The zero-order chi connectivity index (χ0) is 26.2. The van der Waals surface area contributed by atoms with Gasteiger partial charge < -0.3 is 15.0 Å². The summed E-state index contributed by atoms with van der Waals surface area (Å²) in [6, 6.07) is 12.5. The summed E-state index contributed by atoms with van der Waals surface area (Å²) in [6.45, 7) is 0.00115. The molecule has 37 heavy (non-hydrogen) atoms. The van der Waals surface area contributed by atoms with E-state index in [1.54, 1.807) is 18.2 Å². The maximum atomic E-state index is 12.7. The Labute approximate surface area is 208 Å². The molecule has 5 rings (SSSR count). The lowest BCUT2D eigenvalue weighted by atomic mass is 10.2. The van der Waals surface area contributed by atoms with Gasteiger partial charge in [0.25, 0.3) is 0 Å². The molecule has 188 valence electrons. The molecular formula is C25H20F3N7O2. The molecule has 9 nitrogen and oxygen atoms in total. The topological polar surface area (TPSA) is 98.1 Å². The van der Waals surface area contributed by atoms with Gasteiger partial charge in [0, 0.05) is 38.6 Å². The Bertz CT molecular complexity index is 1600. The van der Waals surface area contributed by atoms with Gasteiger partial charge in [-0.1, -0.05) is 6.07 Å². The molecule has 0 fully saturated rings. The van der Waals surface area contributed by atoms with Crippen molar-refractivity contribution in [1.29, 1.82) is 0 Å². The van der Waals surface area contributed by atoms with Crippen LogP contribution < -0.4 is 15.0 Å². The number of hydrogen-bond donors (Lipinski definition) is 1. The van der Waals surface area contributed by atoms with Crippen LogP contribution in [0.15, 0.2) is 67.4 Å². The van der Waals surface area contributed by atoms with Gasteiger partial charge in [0.15, 0.2) is 0 Å². The van der Waals surface area contributed by atoms with Gasteiger partial charge in [-0.05, 0) is 42.0 Å². The lowest BCUT2D eigenvalue weighted by Crippen LogP contribution is -2.27. The van der Waals surface area contributed by atoms with Crippen molar-refractivity contribution in [1.82, 2.24) is 29.8 Å². The Morgan fingerprint density at radius 1 is 1.00 bits per heavy atom. The van der Waals surface area contributed by atoms with E-state index in [0.29, 0.717) is 28.2 Å². The van der Waals surface area contributed by atoms with Crippen LogP contribution in [0.3, 0.4) is 0 Å². The van der Waals surface area contributed by atoms with Gasteiger partial charge in [-0.25, -0.2) is 19.7 Å². The predicted molar refractivity (Wildman–Crippen MR) is 131 cm³/mol. The first-order valence-corrected chi connectivity index (χ1v) is 11.1. The van der Waals surface area contributed by atoms with E-state index in [-0.39, 0.29) is 6.54 Å². The normalized spacial score (nSPS) is 11.6. The van der Waals surface area contributed by atoms with Gasteiger partial charge >= 0.3 is 12.2 Å². The highest BCUT2D eigenvalue weighted by atomic mass is 19.4. The standard InChI is InChI=1S/C25H20F3N7O2/c1-34(2)16-4-6-18-19(9-16)31-13-32-23(18)37-17-5-7-21-20(10-17)33-14-35(21)24(36)30-12-15-3-8-22(29-11-15)25(26,27)28/h3-11,13-14H,12H2,1-2H3,(H,30,36). The van der Waals surface area contributed by atoms with Crippen molar-refractivity contribution < 1.29 is 22.7 Å². The largest absolute Gasteiger partial charge is 0.438 e. The van der Waals surface area contributed by atoms with Crippen LogP contribution in [0.2, 0.25) is 0 Å². The molecule has 0 aliphatic rings. The Balaban J connectivity index is 1.31. The number of hydrogen-bond acceptors (Lipinski definition) is 7. The molecule has 1 N–H and O–H groups in total. The van der Waals surface area contributed by atoms with Crippen LogP contribution in [0.5, 0.6) is 11.6 Å². The van der Waals surface area contributed by atoms with E-state index in [4.69, 9.17) is 4.74 Å². The number of halogens is 3. The van der Waals surface area contributed by atoms with Crippen molar-refractivity contribution in [2.24, 2.45) is 0 Å². The van der Waals surface area contributed by atoms with Crippen LogP contribution in [-0.4, -0.2) is 44.6 Å². The second kappa shape index (κ2) is 9.37. The SMILES string of the molecule is CN(C)c1ccc2c(Oc3ccc4c(c3)ncn4C(=O)NCc3ccc(C(F)(F)F)nc3)ncnc2c1. The smallest absolute Gasteiger partial charge is 0.433 e. The zero-order valence-corrected chi connectivity index (χ0v) is 19.7. The molecule has 0 saturated carbocycles. The summed E-state index contributed by atoms with van der Waals surface area (Å²) in [6.07, 6.45) is -0.647. The molecule has 0 aliphatic carbocycles. The summed E-state index contributed by atoms with van der Waals surface area (Å²) < 4.78 is 45.3. The Morgan fingerprint density at radius 2 is 1.84 bits per heavy atom. The maximum Gasteiger partial charge on any atom is 0.433 e. The van der Waals surface area contributed by atoms with Crippen LogP contribution in [0, 0.1) is 0 Å². The Hall–Kier alpha value is -4.74. The fourth-order valence-corrected chi connectivity index (χ4v) is 3.67. The molecule has 12 heteroatoms. The number of ether oxygens (including phenoxy) is 1. The van der Waals surface area contributed by atoms with E-state index in [9.17, 15) is 18.0 Å². The molecule has 0 saturated heterocycles. The number of carbonyl (C=O) groups excluding carboxylic acids is 1. The number of amides is 1. The van der Waals surface area contributed by atoms with Gasteiger partial charge in [-0.2, -0.15) is 13.2 Å². The van der Waals surface area contributed by atoms with Crippen LogP contribution >= 0.6 is 0 Å². The first kappa shape index (κ1) is 24.0. The average molecular weight is 507 g/mol. The molecule has 0 atom stereocenters. The minimum absolute atomic E-state index is 0.00115. The summed E-state index contributed by atoms with van der Waals surface area (Å²) in [5, 5.41) is 3.40. The molecule has 0 aliphatic heterocycles. The number of imidazole rings is 1. The first-order chi connectivity index (χ1) is 17.7. The number of pyridine rings is 1. The van der Waals surface area contributed by atoms with Crippen LogP contribution in [-0.2, 0) is 12.7 Å². The van der Waals surface area contributed by atoms with E-state index in [1.807, 2.05) is 37.2 Å². The minimum Gasteiger partial charge on any atom is -0.438 e. The van der Waals surface area contributed by atoms with E-state index in [1.165, 1.54) is 23.3 Å². The summed E-state index contributed by atoms with van der Waals surface area (Å²) in [7, 11) is 3.89. The molecule has 0 radical (unpaired) electrons. The second-order valence-corrected chi connectivity index (χ2v) is 8.35. The van der Waals surface area contributed by atoms with Crippen molar-refractivity contribution in [3.8, 4) is 11.6 Å². The average Bonchev–Trinajstić information content (AvgIpc) is 3.30. The van der Waals surface area contributed by atoms with Gasteiger partial charge in [0.1, 0.15) is 24.1 Å². The van der Waals surface area contributed by atoms with Crippen LogP contribution in [0.25, 0.3) is 21.9 Å². The summed E-state index contributed by atoms with van der Waals surface area (Å²) >= 11 is 0. The van der Waals surface area contributed by atoms with Gasteiger partial charge in [-0.3, -0.25) is 9.55 Å². The summed E-state index contributed by atoms with van der Waals surface area (Å²) in [5.74, 6) is 0.864. The van der Waals surface area contributed by atoms with Gasteiger partial charge in [0.2, 0.25) is 5.88 Å². The third kappa shape index (κ3) is 4.99. The lowest BCUT2D eigenvalue weighted by Gasteiger charge is -2.13. The molecule has 1 amide bonds. The van der Waals surface area contributed by atoms with E-state index in [2.05, 4.69) is 25.3 Å². The van der Waals surface area contributed by atoms with Crippen molar-refractivity contribution >= 4 is 33.7 Å². The van der Waals surface area contributed by atoms with Gasteiger partial charge in [-0.15, -0.1) is 0 Å². The fourth-order valence-electron chi connectivity index (χ4n) is 3.67. The summed E-state index contributed by atoms with van der Waals surface area (Å²) in [5.41, 5.74) is 2.21. The van der Waals surface area contributed by atoms with Gasteiger partial charge in [0.05, 0.1) is 21.9 Å². The molecule has 5 aromatic rings. The number of anilines is 1. The predicted octanol–water partition coefficient (Wildman–Crippen LogP) is 5.01. The third-order valence-corrected chi connectivity index (χ3v) is 5.61. The highest BCUT2D eigenvalue weighted by molar-refractivity contribution is 5.90. The molecule has 3 aromatic heterocycles. The number of alkyl halides is 3. The monoisotopic (exact) mass is 507 g/mol. The Kier molecular flexibility index (Phi) is 6.07. The van der Waals surface area contributed by atoms with E-state index >= 15 is 0 Å². The molecule has 3 heterocycles. The van der Waals surface area contributed by atoms with Crippen LogP contribution in [0.4, 0.5) is 23.7 Å². The van der Waals surface area contributed by atoms with Crippen molar-refractivity contribution in [3.05, 3.63) is 78.6 Å². The Morgan fingerprint density at radius 3 is 2.57 bits per heavy atom. The fraction of sp³-hybridized carbons (Fsp3) is 0.160. The number of aromatic nitrogens is 5. The first-order valence-electron chi connectivity index (χ1n) is 11.1. The maximum absolute atomic E-state index is 12.7. The zero-order valence-electron chi connectivity index (χ0n) is 19.7. The second-order valence-electron chi connectivity index (χ2n) is 8.35. The molecule has 0 unspecified atom stereocenters. The van der Waals surface area contributed by atoms with E-state index < -0.39 is 17.9 Å². The number of carbonyl (C=O) groups is 1. The molecule has 2 aromatic carbocycles. The minimum atomic E-state index is -4.52. The van der Waals surface area contributed by atoms with Crippen molar-refractivity contribution in [2.45, 2.75) is 12.7 Å². The third-order valence-electron chi connectivity index (χ3n) is 5.61. The van der Waals surface area contributed by atoms with Crippen molar-refractivity contribution in [2.75, 3.05) is 19.0 Å². The number of fused-ring (bicyclic) bond motifs is 2. The highest BCUT2D eigenvalue weighted by Crippen LogP contribution is 2.30. The molecular weight excluding hydrogens is 487 g/mol. The van der Waals surface area contributed by atoms with Crippen LogP contribution in [0.1, 0.15) is 11.3 Å². The number of rotatable bonds is 5. The highest BCUT2D eigenvalue weighted by Gasteiger charge is 2.32. The number of nitrogens with zero attached hydrogens (tertiary/aromatic N) is 6. The lowest BCUT2D eigenvalue weighted by molar-refractivity contribution is -0.141. The summed E-state index contributed by atoms with van der Waals surface area (Å²) in [4.78, 5) is 30.9. The number of benzene rings is 2.